The Labute approximate surface area is 129 Å². The van der Waals surface area contributed by atoms with Crippen molar-refractivity contribution in [3.05, 3.63) is 22.4 Å². The van der Waals surface area contributed by atoms with Gasteiger partial charge in [-0.15, -0.1) is 0 Å². The van der Waals surface area contributed by atoms with Crippen molar-refractivity contribution in [1.29, 1.82) is 0 Å². The Bertz CT molecular complexity index is 483. The second-order valence-electron chi connectivity index (χ2n) is 6.02. The first-order valence-corrected chi connectivity index (χ1v) is 8.02. The minimum Gasteiger partial charge on any atom is -0.340 e. The molecule has 0 radical (unpaired) electrons. The molecule has 0 bridgehead atoms. The Morgan fingerprint density at radius 3 is 2.80 bits per heavy atom. The lowest BCUT2D eigenvalue weighted by molar-refractivity contribution is 0.0632. The summed E-state index contributed by atoms with van der Waals surface area (Å²) < 4.78 is 3.00. The van der Waals surface area contributed by atoms with E-state index >= 15 is 0 Å². The Kier molecular flexibility index (Phi) is 4.91. The Hall–Kier alpha value is -0.810. The number of amides is 1. The fourth-order valence-corrected chi connectivity index (χ4v) is 3.28. The van der Waals surface area contributed by atoms with Gasteiger partial charge in [0.1, 0.15) is 5.69 Å². The first-order valence-electron chi connectivity index (χ1n) is 7.23. The van der Waals surface area contributed by atoms with Crippen LogP contribution < -0.4 is 0 Å². The summed E-state index contributed by atoms with van der Waals surface area (Å²) in [7, 11) is 4.05. The predicted octanol–water partition coefficient (Wildman–Crippen LogP) is 3.00. The number of halogens is 1. The number of aromatic nitrogens is 1. The molecule has 4 nitrogen and oxygen atoms in total. The molecular formula is C15H24BrN3O. The van der Waals surface area contributed by atoms with Crippen LogP contribution in [-0.4, -0.2) is 53.5 Å². The fraction of sp³-hybridized carbons (Fsp3) is 0.667. The molecule has 1 aliphatic heterocycles. The van der Waals surface area contributed by atoms with Gasteiger partial charge in [-0.05, 0) is 62.3 Å². The third kappa shape index (κ3) is 3.26. The lowest BCUT2D eigenvalue weighted by Crippen LogP contribution is -2.47. The van der Waals surface area contributed by atoms with Gasteiger partial charge >= 0.3 is 0 Å². The van der Waals surface area contributed by atoms with Crippen molar-refractivity contribution < 1.29 is 4.79 Å². The maximum atomic E-state index is 12.8. The number of carbonyl (C=O) groups is 1. The van der Waals surface area contributed by atoms with Gasteiger partial charge in [0.05, 0.1) is 0 Å². The van der Waals surface area contributed by atoms with Crippen LogP contribution in [0, 0.1) is 0 Å². The molecule has 1 atom stereocenters. The van der Waals surface area contributed by atoms with Crippen LogP contribution in [0.25, 0.3) is 0 Å². The van der Waals surface area contributed by atoms with Crippen LogP contribution in [0.3, 0.4) is 0 Å². The zero-order valence-electron chi connectivity index (χ0n) is 12.8. The summed E-state index contributed by atoms with van der Waals surface area (Å²) in [6.07, 6.45) is 4.24. The topological polar surface area (TPSA) is 28.5 Å². The molecule has 1 amide bonds. The lowest BCUT2D eigenvalue weighted by Gasteiger charge is -2.36. The maximum Gasteiger partial charge on any atom is 0.270 e. The van der Waals surface area contributed by atoms with E-state index in [0.29, 0.717) is 6.04 Å². The normalized spacial score (nSPS) is 20.4. The van der Waals surface area contributed by atoms with Crippen molar-refractivity contribution in [3.8, 4) is 0 Å². The number of nitrogens with zero attached hydrogens (tertiary/aromatic N) is 3. The average Bonchev–Trinajstić information content (AvgIpc) is 2.79. The number of carbonyl (C=O) groups excluding carboxylic acids is 1. The maximum absolute atomic E-state index is 12.8. The van der Waals surface area contributed by atoms with Crippen molar-refractivity contribution in [3.63, 3.8) is 0 Å². The molecule has 2 rings (SSSR count). The van der Waals surface area contributed by atoms with Crippen LogP contribution in [0.1, 0.15) is 43.2 Å². The second kappa shape index (κ2) is 6.31. The highest BCUT2D eigenvalue weighted by atomic mass is 79.9. The monoisotopic (exact) mass is 341 g/mol. The fourth-order valence-electron chi connectivity index (χ4n) is 2.85. The van der Waals surface area contributed by atoms with E-state index in [1.165, 1.54) is 0 Å². The van der Waals surface area contributed by atoms with Gasteiger partial charge in [0.25, 0.3) is 5.91 Å². The van der Waals surface area contributed by atoms with E-state index < -0.39 is 0 Å². The molecule has 2 heterocycles. The SMILES string of the molecule is CC(C)n1cc(Br)cc1C(=O)N(C)C1CCCN(C)C1. The lowest BCUT2D eigenvalue weighted by atomic mass is 10.0. The summed E-state index contributed by atoms with van der Waals surface area (Å²) in [5.74, 6) is 0.115. The van der Waals surface area contributed by atoms with Gasteiger partial charge in [-0.2, -0.15) is 0 Å². The van der Waals surface area contributed by atoms with Crippen LogP contribution in [0.15, 0.2) is 16.7 Å². The Morgan fingerprint density at radius 2 is 2.20 bits per heavy atom. The van der Waals surface area contributed by atoms with Crippen LogP contribution in [0.5, 0.6) is 0 Å². The number of hydrogen-bond donors (Lipinski definition) is 0. The first-order chi connectivity index (χ1) is 9.40. The number of likely N-dealkylation sites (N-methyl/N-ethyl adjacent to an activating group) is 2. The number of hydrogen-bond acceptors (Lipinski definition) is 2. The summed E-state index contributed by atoms with van der Waals surface area (Å²) in [6, 6.07) is 2.52. The Balaban J connectivity index is 2.18. The molecule has 1 saturated heterocycles. The van der Waals surface area contributed by atoms with Crippen LogP contribution in [-0.2, 0) is 0 Å². The standard InChI is InChI=1S/C15H24BrN3O/c1-11(2)19-9-12(16)8-14(19)15(20)18(4)13-6-5-7-17(3)10-13/h8-9,11,13H,5-7,10H2,1-4H3. The largest absolute Gasteiger partial charge is 0.340 e. The van der Waals surface area contributed by atoms with Gasteiger partial charge in [-0.1, -0.05) is 0 Å². The van der Waals surface area contributed by atoms with Gasteiger partial charge in [0.2, 0.25) is 0 Å². The van der Waals surface area contributed by atoms with Crippen LogP contribution >= 0.6 is 15.9 Å². The number of likely N-dealkylation sites (tertiary alicyclic amines) is 1. The predicted molar refractivity (Wildman–Crippen MR) is 85.1 cm³/mol. The van der Waals surface area contributed by atoms with E-state index in [1.807, 2.05) is 28.8 Å². The molecule has 20 heavy (non-hydrogen) atoms. The third-order valence-electron chi connectivity index (χ3n) is 4.06. The van der Waals surface area contributed by atoms with Crippen molar-refractivity contribution >= 4 is 21.8 Å². The molecule has 1 aromatic rings. The number of rotatable bonds is 3. The molecule has 112 valence electrons. The molecular weight excluding hydrogens is 318 g/mol. The first kappa shape index (κ1) is 15.6. The summed E-state index contributed by atoms with van der Waals surface area (Å²) in [4.78, 5) is 17.0. The van der Waals surface area contributed by atoms with E-state index in [2.05, 4.69) is 41.7 Å². The molecule has 1 fully saturated rings. The average molecular weight is 342 g/mol. The van der Waals surface area contributed by atoms with Gasteiger partial charge in [-0.25, -0.2) is 0 Å². The summed E-state index contributed by atoms with van der Waals surface area (Å²) in [6.45, 7) is 6.29. The quantitative estimate of drug-likeness (QED) is 0.845. The van der Waals surface area contributed by atoms with Crippen molar-refractivity contribution in [2.45, 2.75) is 38.8 Å². The molecule has 0 saturated carbocycles. The van der Waals surface area contributed by atoms with E-state index in [-0.39, 0.29) is 11.9 Å². The van der Waals surface area contributed by atoms with Gasteiger partial charge in [0.15, 0.2) is 0 Å². The molecule has 0 aliphatic carbocycles. The van der Waals surface area contributed by atoms with Crippen LogP contribution in [0.4, 0.5) is 0 Å². The highest BCUT2D eigenvalue weighted by Crippen LogP contribution is 2.22. The van der Waals surface area contributed by atoms with E-state index in [1.54, 1.807) is 0 Å². The van der Waals surface area contributed by atoms with E-state index in [0.717, 1.165) is 36.1 Å². The molecule has 5 heteroatoms. The highest BCUT2D eigenvalue weighted by Gasteiger charge is 2.27. The van der Waals surface area contributed by atoms with Gasteiger partial charge < -0.3 is 14.4 Å². The van der Waals surface area contributed by atoms with Crippen molar-refractivity contribution in [2.24, 2.45) is 0 Å². The minimum absolute atomic E-state index is 0.115. The molecule has 1 aliphatic rings. The zero-order chi connectivity index (χ0) is 14.9. The number of piperidine rings is 1. The van der Waals surface area contributed by atoms with E-state index in [9.17, 15) is 4.79 Å². The van der Waals surface area contributed by atoms with E-state index in [4.69, 9.17) is 0 Å². The summed E-state index contributed by atoms with van der Waals surface area (Å²) >= 11 is 3.47. The Morgan fingerprint density at radius 1 is 1.50 bits per heavy atom. The van der Waals surface area contributed by atoms with Crippen LogP contribution in [0.2, 0.25) is 0 Å². The molecule has 0 aromatic carbocycles. The van der Waals surface area contributed by atoms with Crippen molar-refractivity contribution in [1.82, 2.24) is 14.4 Å². The second-order valence-corrected chi connectivity index (χ2v) is 6.93. The van der Waals surface area contributed by atoms with Gasteiger partial charge in [-0.3, -0.25) is 4.79 Å². The van der Waals surface area contributed by atoms with Gasteiger partial charge in [0, 0.05) is 36.3 Å². The highest BCUT2D eigenvalue weighted by molar-refractivity contribution is 9.10. The third-order valence-corrected chi connectivity index (χ3v) is 4.49. The summed E-state index contributed by atoms with van der Waals surface area (Å²) in [5, 5.41) is 0. The zero-order valence-corrected chi connectivity index (χ0v) is 14.4. The van der Waals surface area contributed by atoms with Crippen molar-refractivity contribution in [2.75, 3.05) is 27.2 Å². The molecule has 0 spiro atoms. The molecule has 0 N–H and O–H groups in total. The molecule has 1 aromatic heterocycles. The summed E-state index contributed by atoms with van der Waals surface area (Å²) in [5.41, 5.74) is 0.766. The molecule has 1 unspecified atom stereocenters. The smallest absolute Gasteiger partial charge is 0.270 e. The minimum atomic E-state index is 0.115.